The Morgan fingerprint density at radius 2 is 1.67 bits per heavy atom. The lowest BCUT2D eigenvalue weighted by molar-refractivity contribution is 0.00336. The zero-order valence-electron chi connectivity index (χ0n) is 28.3. The van der Waals surface area contributed by atoms with E-state index in [0.29, 0.717) is 41.0 Å². The van der Waals surface area contributed by atoms with Gasteiger partial charge in [-0.2, -0.15) is 4.98 Å². The van der Waals surface area contributed by atoms with Crippen molar-refractivity contribution in [3.8, 4) is 28.4 Å². The number of ether oxygens (including phenoxy) is 4. The van der Waals surface area contributed by atoms with Gasteiger partial charge in [0.25, 0.3) is 0 Å². The molecular formula is C34H44ClN5O6SSi. The number of aliphatic hydroxyl groups excluding tert-OH is 1. The Morgan fingerprint density at radius 3 is 2.33 bits per heavy atom. The maximum Gasteiger partial charge on any atom is 0.301 e. The number of benzene rings is 2. The molecule has 2 aliphatic heterocycles. The van der Waals surface area contributed by atoms with Crippen molar-refractivity contribution in [3.63, 3.8) is 0 Å². The van der Waals surface area contributed by atoms with E-state index in [0.717, 1.165) is 28.3 Å². The van der Waals surface area contributed by atoms with Crippen LogP contribution in [0.3, 0.4) is 0 Å². The second-order valence-corrected chi connectivity index (χ2v) is 22.3. The Kier molecular flexibility index (Phi) is 10.3. The summed E-state index contributed by atoms with van der Waals surface area (Å²) in [6.07, 6.45) is -0.255. The van der Waals surface area contributed by atoms with Crippen molar-refractivity contribution in [1.29, 1.82) is 0 Å². The van der Waals surface area contributed by atoms with Gasteiger partial charge in [0, 0.05) is 40.6 Å². The molecule has 0 spiro atoms. The molecule has 4 aromatic rings. The number of halogens is 1. The molecule has 6 rings (SSSR count). The summed E-state index contributed by atoms with van der Waals surface area (Å²) in [5.41, 5.74) is 5.75. The highest BCUT2D eigenvalue weighted by Gasteiger charge is 2.49. The molecular weight excluding hydrogens is 670 g/mol. The molecule has 0 radical (unpaired) electrons. The van der Waals surface area contributed by atoms with E-state index in [2.05, 4.69) is 24.0 Å². The van der Waals surface area contributed by atoms with Gasteiger partial charge in [-0.1, -0.05) is 79.8 Å². The monoisotopic (exact) mass is 713 g/mol. The summed E-state index contributed by atoms with van der Waals surface area (Å²) in [4.78, 5) is 9.74. The number of rotatable bonds is 12. The predicted octanol–water partition coefficient (Wildman–Crippen LogP) is 5.71. The minimum absolute atomic E-state index is 0.211. The van der Waals surface area contributed by atoms with Gasteiger partial charge in [-0.25, -0.2) is 17.9 Å². The first-order chi connectivity index (χ1) is 22.8. The number of aliphatic hydroxyl groups is 1. The highest BCUT2D eigenvalue weighted by atomic mass is 35.5. The summed E-state index contributed by atoms with van der Waals surface area (Å²) in [5.74, 6) is 0. The Bertz CT molecular complexity index is 1870. The third-order valence-electron chi connectivity index (χ3n) is 8.70. The predicted molar refractivity (Wildman–Crippen MR) is 191 cm³/mol. The minimum atomic E-state index is -2.38. The highest BCUT2D eigenvalue weighted by Crippen LogP contribution is 2.35. The summed E-state index contributed by atoms with van der Waals surface area (Å²) in [5, 5.41) is 10.7. The quantitative estimate of drug-likeness (QED) is 0.147. The van der Waals surface area contributed by atoms with Crippen molar-refractivity contribution >= 4 is 40.8 Å². The van der Waals surface area contributed by atoms with Crippen LogP contribution >= 0.6 is 11.6 Å². The van der Waals surface area contributed by atoms with E-state index in [-0.39, 0.29) is 26.0 Å². The first-order valence-electron chi connectivity index (χ1n) is 16.1. The molecule has 5 atom stereocenters. The van der Waals surface area contributed by atoms with Gasteiger partial charge in [0.2, 0.25) is 0 Å². The van der Waals surface area contributed by atoms with Gasteiger partial charge in [0.1, 0.15) is 40.5 Å². The van der Waals surface area contributed by atoms with Crippen molar-refractivity contribution in [2.24, 2.45) is 4.36 Å². The molecule has 4 heterocycles. The molecule has 1 N–H and O–H groups in total. The summed E-state index contributed by atoms with van der Waals surface area (Å²) < 4.78 is 44.5. The average molecular weight is 714 g/mol. The van der Waals surface area contributed by atoms with E-state index < -0.39 is 36.3 Å². The fourth-order valence-corrected chi connectivity index (χ4v) is 7.19. The highest BCUT2D eigenvalue weighted by molar-refractivity contribution is 7.90. The van der Waals surface area contributed by atoms with Crippen LogP contribution in [0, 0.1) is 0 Å². The van der Waals surface area contributed by atoms with Gasteiger partial charge in [-0.05, 0) is 28.8 Å². The van der Waals surface area contributed by atoms with Crippen LogP contribution in [0.15, 0.2) is 59.0 Å². The summed E-state index contributed by atoms with van der Waals surface area (Å²) in [7, 11) is -0.132. The third-order valence-corrected chi connectivity index (χ3v) is 12.7. The fraction of sp³-hybridized carbons (Fsp3) is 0.471. The molecule has 2 saturated heterocycles. The standard InChI is InChI=1S/C34H44ClN5O6SSi/c1-39(2)47(3,42)36-18-22-7-9-23(10-8-22)24-11-13-25(14-12-24)30-26(35)17-27-33(38-30)40(21-43-15-16-48(4,5)6)34(37-27)46-29-20-45-31-28(41)19-44-32(29)31/h7-14,17,28-29,31-32,41H,15-16,18-21H2,1-6H3/t28-,29-,31-,32-,47?/m1/s1. The minimum Gasteiger partial charge on any atom is -0.456 e. The molecule has 0 saturated carbocycles. The molecule has 2 fully saturated rings. The van der Waals surface area contributed by atoms with Crippen LogP contribution in [-0.2, 0) is 37.4 Å². The van der Waals surface area contributed by atoms with Crippen LogP contribution < -0.4 is 4.74 Å². The number of hydrogen-bond donors (Lipinski definition) is 1. The number of aromatic nitrogens is 3. The van der Waals surface area contributed by atoms with Crippen LogP contribution in [0.2, 0.25) is 30.7 Å². The summed E-state index contributed by atoms with van der Waals surface area (Å²) in [6, 6.07) is 19.4. The van der Waals surface area contributed by atoms with E-state index in [4.69, 9.17) is 40.5 Å². The molecule has 1 unspecified atom stereocenters. The molecule has 11 nitrogen and oxygen atoms in total. The number of hydrogen-bond acceptors (Lipinski definition) is 9. The Hall–Kier alpha value is -2.88. The molecule has 0 bridgehead atoms. The van der Waals surface area contributed by atoms with Crippen molar-refractivity contribution in [1.82, 2.24) is 18.8 Å². The average Bonchev–Trinajstić information content (AvgIpc) is 3.72. The summed E-state index contributed by atoms with van der Waals surface area (Å²) in [6.45, 7) is 8.66. The maximum absolute atomic E-state index is 12.5. The van der Waals surface area contributed by atoms with Crippen LogP contribution in [0.4, 0.5) is 0 Å². The number of pyridine rings is 1. The zero-order chi connectivity index (χ0) is 34.2. The van der Waals surface area contributed by atoms with E-state index in [1.165, 1.54) is 0 Å². The Labute approximate surface area is 288 Å². The number of nitrogens with zero attached hydrogens (tertiary/aromatic N) is 5. The summed E-state index contributed by atoms with van der Waals surface area (Å²) >= 11 is 6.81. The van der Waals surface area contributed by atoms with Crippen LogP contribution in [0.25, 0.3) is 33.5 Å². The fourth-order valence-electron chi connectivity index (χ4n) is 5.56. The molecule has 2 aromatic heterocycles. The molecule has 2 aromatic carbocycles. The zero-order valence-corrected chi connectivity index (χ0v) is 30.8. The van der Waals surface area contributed by atoms with Gasteiger partial charge in [0.15, 0.2) is 11.8 Å². The van der Waals surface area contributed by atoms with Gasteiger partial charge >= 0.3 is 6.01 Å². The van der Waals surface area contributed by atoms with Crippen molar-refractivity contribution in [2.45, 2.75) is 63.4 Å². The van der Waals surface area contributed by atoms with E-state index >= 15 is 0 Å². The molecule has 0 amide bonds. The Morgan fingerprint density at radius 1 is 1.02 bits per heavy atom. The lowest BCUT2D eigenvalue weighted by Crippen LogP contribution is -2.35. The van der Waals surface area contributed by atoms with Gasteiger partial charge in [-0.3, -0.25) is 4.57 Å². The number of fused-ring (bicyclic) bond motifs is 2. The van der Waals surface area contributed by atoms with Crippen molar-refractivity contribution in [2.75, 3.05) is 40.2 Å². The first-order valence-corrected chi connectivity index (χ1v) is 22.0. The molecule has 14 heteroatoms. The van der Waals surface area contributed by atoms with Gasteiger partial charge in [0.05, 0.1) is 30.5 Å². The smallest absolute Gasteiger partial charge is 0.301 e. The lowest BCUT2D eigenvalue weighted by Gasteiger charge is -2.19. The van der Waals surface area contributed by atoms with E-state index in [1.54, 1.807) is 30.7 Å². The van der Waals surface area contributed by atoms with E-state index in [9.17, 15) is 9.32 Å². The number of imidazole rings is 1. The van der Waals surface area contributed by atoms with Crippen LogP contribution in [0.1, 0.15) is 5.56 Å². The largest absolute Gasteiger partial charge is 0.456 e. The second kappa shape index (κ2) is 14.2. The van der Waals surface area contributed by atoms with Crippen molar-refractivity contribution in [3.05, 3.63) is 65.2 Å². The molecule has 48 heavy (non-hydrogen) atoms. The van der Waals surface area contributed by atoms with Crippen molar-refractivity contribution < 1.29 is 28.3 Å². The SMILES string of the molecule is CN(C)S(C)(=O)=NCc1ccc(-c2ccc(-c3nc4c(cc3Cl)nc(O[C@@H]3CO[C@H]5[C@@H]3OC[C@H]5O)n4COCC[Si](C)(C)C)cc2)cc1. The van der Waals surface area contributed by atoms with Crippen LogP contribution in [-0.4, -0.2) is 101 Å². The molecule has 258 valence electrons. The molecule has 0 aliphatic carbocycles. The van der Waals surface area contributed by atoms with Gasteiger partial charge < -0.3 is 24.1 Å². The maximum atomic E-state index is 12.5. The first kappa shape index (κ1) is 35.0. The molecule has 2 aliphatic rings. The topological polar surface area (TPSA) is 121 Å². The van der Waals surface area contributed by atoms with Crippen LogP contribution in [0.5, 0.6) is 6.01 Å². The van der Waals surface area contributed by atoms with Gasteiger partial charge in [-0.15, -0.1) is 0 Å². The lowest BCUT2D eigenvalue weighted by atomic mass is 10.0. The normalized spacial score (nSPS) is 22.3. The Balaban J connectivity index is 1.25. The van der Waals surface area contributed by atoms with E-state index in [1.807, 2.05) is 53.1 Å². The second-order valence-electron chi connectivity index (χ2n) is 13.8. The third kappa shape index (κ3) is 7.79.